The Hall–Kier alpha value is 0.920. The van der Waals surface area contributed by atoms with Crippen LogP contribution in [0.4, 0.5) is 0 Å². The van der Waals surface area contributed by atoms with Crippen LogP contribution in [0.25, 0.3) is 0 Å². The van der Waals surface area contributed by atoms with Gasteiger partial charge in [0.25, 0.3) is 0 Å². The summed E-state index contributed by atoms with van der Waals surface area (Å²) in [7, 11) is 0. The predicted molar refractivity (Wildman–Crippen MR) is 59.3 cm³/mol. The summed E-state index contributed by atoms with van der Waals surface area (Å²) in [5, 5.41) is 5.23. The molecule has 0 aromatic carbocycles. The molecule has 1 N–H and O–H groups in total. The second-order valence-corrected chi connectivity index (χ2v) is 5.61. The third kappa shape index (κ3) is 2.19. The largest absolute Gasteiger partial charge is 0.481 e. The molecule has 1 aliphatic carbocycles. The lowest BCUT2D eigenvalue weighted by atomic mass is 9.87. The first-order valence-electron chi connectivity index (χ1n) is 3.81. The number of hydrogen-bond donors (Lipinski definition) is 1. The zero-order chi connectivity index (χ0) is 11.0. The van der Waals surface area contributed by atoms with Gasteiger partial charge in [-0.3, -0.25) is 4.79 Å². The predicted octanol–water partition coefficient (Wildman–Crippen LogP) is 2.74. The van der Waals surface area contributed by atoms with Crippen molar-refractivity contribution in [1.29, 1.82) is 0 Å². The van der Waals surface area contributed by atoms with E-state index in [9.17, 15) is 4.79 Å². The quantitative estimate of drug-likeness (QED) is 0.756. The van der Waals surface area contributed by atoms with Gasteiger partial charge >= 0.3 is 5.97 Å². The summed E-state index contributed by atoms with van der Waals surface area (Å²) in [5.41, 5.74) is 0. The lowest BCUT2D eigenvalue weighted by Crippen LogP contribution is -2.53. The van der Waals surface area contributed by atoms with Gasteiger partial charge in [-0.15, -0.1) is 58.0 Å². The molecular weight excluding hydrogens is 293 g/mol. The fourth-order valence-corrected chi connectivity index (χ4v) is 3.45. The van der Waals surface area contributed by atoms with E-state index in [-0.39, 0.29) is 0 Å². The van der Waals surface area contributed by atoms with E-state index in [1.54, 1.807) is 0 Å². The molecular formula is C7H7Cl5O2. The van der Waals surface area contributed by atoms with Crippen LogP contribution in [0.1, 0.15) is 0 Å². The Morgan fingerprint density at radius 2 is 1.07 bits per heavy atom. The van der Waals surface area contributed by atoms with Crippen molar-refractivity contribution in [2.24, 2.45) is 5.92 Å². The van der Waals surface area contributed by atoms with Gasteiger partial charge in [0, 0.05) is 0 Å². The number of hydrogen-bond acceptors (Lipinski definition) is 1. The normalized spacial score (nSPS) is 48.9. The molecule has 0 aromatic heterocycles. The van der Waals surface area contributed by atoms with E-state index in [0.717, 1.165) is 0 Å². The topological polar surface area (TPSA) is 37.3 Å². The summed E-state index contributed by atoms with van der Waals surface area (Å²) in [6, 6.07) is 0. The number of aliphatic carboxylic acids is 1. The minimum atomic E-state index is -1.11. The zero-order valence-corrected chi connectivity index (χ0v) is 10.5. The molecule has 4 atom stereocenters. The maximum Gasteiger partial charge on any atom is 0.309 e. The third-order valence-corrected chi connectivity index (χ3v) is 5.42. The minimum Gasteiger partial charge on any atom is -0.481 e. The SMILES string of the molecule is O=C(O)C1C(Cl)C(Cl)C(Cl)C(Cl)C1Cl. The van der Waals surface area contributed by atoms with Crippen molar-refractivity contribution in [3.8, 4) is 0 Å². The first kappa shape index (κ1) is 13.0. The van der Waals surface area contributed by atoms with E-state index in [4.69, 9.17) is 63.1 Å². The standard InChI is InChI=1S/C7H7Cl5O2/c8-2-1(7(13)14)3(9)5(11)6(12)4(2)10/h1-6H,(H,13,14). The Bertz CT molecular complexity index is 220. The van der Waals surface area contributed by atoms with Gasteiger partial charge < -0.3 is 5.11 Å². The van der Waals surface area contributed by atoms with Gasteiger partial charge in [-0.2, -0.15) is 0 Å². The van der Waals surface area contributed by atoms with Crippen molar-refractivity contribution in [3.63, 3.8) is 0 Å². The van der Waals surface area contributed by atoms with Crippen molar-refractivity contribution >= 4 is 64.0 Å². The molecule has 1 saturated carbocycles. The first-order valence-corrected chi connectivity index (χ1v) is 5.99. The van der Waals surface area contributed by atoms with E-state index < -0.39 is 38.8 Å². The van der Waals surface area contributed by atoms with Crippen LogP contribution in [0, 0.1) is 5.92 Å². The molecule has 0 radical (unpaired) electrons. The lowest BCUT2D eigenvalue weighted by molar-refractivity contribution is -0.142. The molecule has 1 aliphatic rings. The van der Waals surface area contributed by atoms with Gasteiger partial charge in [0.15, 0.2) is 0 Å². The summed E-state index contributed by atoms with van der Waals surface area (Å²) < 4.78 is 0. The Morgan fingerprint density at radius 1 is 0.786 bits per heavy atom. The lowest BCUT2D eigenvalue weighted by Gasteiger charge is -2.38. The molecule has 82 valence electrons. The van der Waals surface area contributed by atoms with E-state index in [2.05, 4.69) is 0 Å². The van der Waals surface area contributed by atoms with Crippen molar-refractivity contribution in [1.82, 2.24) is 0 Å². The molecule has 0 heterocycles. The van der Waals surface area contributed by atoms with Gasteiger partial charge in [0.1, 0.15) is 0 Å². The van der Waals surface area contributed by atoms with Crippen molar-refractivity contribution in [2.75, 3.05) is 0 Å². The van der Waals surface area contributed by atoms with Crippen LogP contribution in [0.15, 0.2) is 0 Å². The molecule has 1 fully saturated rings. The summed E-state index contributed by atoms with van der Waals surface area (Å²) in [6.45, 7) is 0. The van der Waals surface area contributed by atoms with Crippen LogP contribution in [-0.4, -0.2) is 38.0 Å². The fraction of sp³-hybridized carbons (Fsp3) is 0.857. The molecule has 0 aliphatic heterocycles. The number of carboxylic acids is 1. The Morgan fingerprint density at radius 3 is 1.36 bits per heavy atom. The number of rotatable bonds is 1. The molecule has 7 heteroatoms. The van der Waals surface area contributed by atoms with Crippen LogP contribution in [-0.2, 0) is 4.79 Å². The number of alkyl halides is 5. The number of carbonyl (C=O) groups is 1. The Balaban J connectivity index is 2.92. The van der Waals surface area contributed by atoms with E-state index in [1.165, 1.54) is 0 Å². The summed E-state index contributed by atoms with van der Waals surface area (Å²) in [6.07, 6.45) is 0. The number of halogens is 5. The summed E-state index contributed by atoms with van der Waals surface area (Å²) >= 11 is 29.2. The van der Waals surface area contributed by atoms with Gasteiger partial charge in [-0.1, -0.05) is 0 Å². The highest BCUT2D eigenvalue weighted by molar-refractivity contribution is 6.42. The highest BCUT2D eigenvalue weighted by atomic mass is 35.5. The average Bonchev–Trinajstić information content (AvgIpc) is 2.11. The summed E-state index contributed by atoms with van der Waals surface area (Å²) in [4.78, 5) is 10.8. The molecule has 0 saturated heterocycles. The molecule has 1 rings (SSSR count). The first-order chi connectivity index (χ1) is 6.37. The molecule has 4 unspecified atom stereocenters. The molecule has 14 heavy (non-hydrogen) atoms. The molecule has 2 nitrogen and oxygen atoms in total. The van der Waals surface area contributed by atoms with Crippen LogP contribution in [0.2, 0.25) is 0 Å². The van der Waals surface area contributed by atoms with Crippen LogP contribution >= 0.6 is 58.0 Å². The van der Waals surface area contributed by atoms with Gasteiger partial charge in [-0.25, -0.2) is 0 Å². The Labute approximate surface area is 106 Å². The molecule has 0 spiro atoms. The van der Waals surface area contributed by atoms with Gasteiger partial charge in [0.2, 0.25) is 0 Å². The van der Waals surface area contributed by atoms with Crippen molar-refractivity contribution in [3.05, 3.63) is 0 Å². The summed E-state index contributed by atoms with van der Waals surface area (Å²) in [5.74, 6) is -2.08. The van der Waals surface area contributed by atoms with E-state index in [1.807, 2.05) is 0 Å². The maximum absolute atomic E-state index is 10.8. The van der Waals surface area contributed by atoms with Crippen molar-refractivity contribution in [2.45, 2.75) is 26.9 Å². The second-order valence-electron chi connectivity index (χ2n) is 3.09. The van der Waals surface area contributed by atoms with Crippen LogP contribution in [0.3, 0.4) is 0 Å². The average molecular weight is 300 g/mol. The fourth-order valence-electron chi connectivity index (χ4n) is 1.37. The monoisotopic (exact) mass is 298 g/mol. The second kappa shape index (κ2) is 4.84. The minimum absolute atomic E-state index is 0.626. The molecule has 0 bridgehead atoms. The van der Waals surface area contributed by atoms with Gasteiger partial charge in [0.05, 0.1) is 32.8 Å². The third-order valence-electron chi connectivity index (χ3n) is 2.19. The number of carboxylic acid groups (broad SMARTS) is 1. The van der Waals surface area contributed by atoms with E-state index >= 15 is 0 Å². The molecule has 0 amide bonds. The molecule has 0 aromatic rings. The van der Waals surface area contributed by atoms with Crippen molar-refractivity contribution < 1.29 is 9.90 Å². The van der Waals surface area contributed by atoms with Gasteiger partial charge in [-0.05, 0) is 0 Å². The van der Waals surface area contributed by atoms with Crippen LogP contribution in [0.5, 0.6) is 0 Å². The van der Waals surface area contributed by atoms with E-state index in [0.29, 0.717) is 0 Å². The Kier molecular flexibility index (Phi) is 4.49. The van der Waals surface area contributed by atoms with Crippen LogP contribution < -0.4 is 0 Å². The highest BCUT2D eigenvalue weighted by Gasteiger charge is 2.50. The smallest absolute Gasteiger partial charge is 0.309 e. The highest BCUT2D eigenvalue weighted by Crippen LogP contribution is 2.41. The zero-order valence-electron chi connectivity index (χ0n) is 6.71. The maximum atomic E-state index is 10.8.